The van der Waals surface area contributed by atoms with Crippen molar-refractivity contribution in [3.05, 3.63) is 47.1 Å². The Hall–Kier alpha value is -2.96. The number of thiophene rings is 1. The highest BCUT2D eigenvalue weighted by atomic mass is 32.1. The molecule has 40 heavy (non-hydrogen) atoms. The van der Waals surface area contributed by atoms with Crippen molar-refractivity contribution in [3.63, 3.8) is 0 Å². The molecule has 214 valence electrons. The van der Waals surface area contributed by atoms with Gasteiger partial charge in [-0.15, -0.1) is 11.3 Å². The summed E-state index contributed by atoms with van der Waals surface area (Å²) in [6.07, 6.45) is -0.701. The fourth-order valence-electron chi connectivity index (χ4n) is 6.33. The number of anilines is 2. The lowest BCUT2D eigenvalue weighted by molar-refractivity contribution is -0.126. The number of aromatic nitrogens is 2. The van der Waals surface area contributed by atoms with Crippen LogP contribution < -0.4 is 10.2 Å². The van der Waals surface area contributed by atoms with Crippen molar-refractivity contribution in [1.82, 2.24) is 14.9 Å². The largest absolute Gasteiger partial charge is 0.393 e. The summed E-state index contributed by atoms with van der Waals surface area (Å²) < 4.78 is 49.5. The number of hydrogen-bond acceptors (Lipinski definition) is 8. The van der Waals surface area contributed by atoms with Gasteiger partial charge in [-0.25, -0.2) is 9.97 Å². The first-order chi connectivity index (χ1) is 19.2. The maximum atomic E-state index is 13.1. The summed E-state index contributed by atoms with van der Waals surface area (Å²) in [7, 11) is 1.63. The third kappa shape index (κ3) is 5.61. The van der Waals surface area contributed by atoms with E-state index < -0.39 is 12.6 Å². The molecule has 3 aromatic rings. The molecule has 0 unspecified atom stereocenters. The molecule has 3 fully saturated rings. The minimum atomic E-state index is -4.24. The van der Waals surface area contributed by atoms with Gasteiger partial charge >= 0.3 is 6.18 Å². The van der Waals surface area contributed by atoms with Gasteiger partial charge in [-0.3, -0.25) is 4.79 Å². The van der Waals surface area contributed by atoms with E-state index in [9.17, 15) is 18.0 Å². The average Bonchev–Trinajstić information content (AvgIpc) is 3.52. The molecule has 1 aliphatic carbocycles. The van der Waals surface area contributed by atoms with E-state index >= 15 is 0 Å². The molecule has 1 aromatic carbocycles. The average molecular weight is 576 g/mol. The molecule has 1 amide bonds. The third-order valence-electron chi connectivity index (χ3n) is 8.18. The van der Waals surface area contributed by atoms with Crippen molar-refractivity contribution in [2.24, 2.45) is 5.41 Å². The van der Waals surface area contributed by atoms with E-state index in [1.54, 1.807) is 13.2 Å². The summed E-state index contributed by atoms with van der Waals surface area (Å²) in [5, 5.41) is 4.31. The first kappa shape index (κ1) is 27.2. The van der Waals surface area contributed by atoms with E-state index in [1.165, 1.54) is 6.33 Å². The van der Waals surface area contributed by atoms with Gasteiger partial charge in [0.05, 0.1) is 37.7 Å². The van der Waals surface area contributed by atoms with Crippen molar-refractivity contribution in [3.8, 4) is 0 Å². The summed E-state index contributed by atoms with van der Waals surface area (Å²) >= 11 is 1.09. The molecule has 8 nitrogen and oxygen atoms in total. The number of amides is 1. The Bertz CT molecular complexity index is 1360. The molecule has 1 atom stereocenters. The number of benzene rings is 1. The third-order valence-corrected chi connectivity index (χ3v) is 9.22. The predicted octanol–water partition coefficient (Wildman–Crippen LogP) is 4.75. The van der Waals surface area contributed by atoms with E-state index in [0.29, 0.717) is 48.2 Å². The minimum Gasteiger partial charge on any atom is -0.382 e. The van der Waals surface area contributed by atoms with Crippen LogP contribution in [-0.2, 0) is 15.9 Å². The number of morpholine rings is 1. The van der Waals surface area contributed by atoms with Crippen molar-refractivity contribution in [2.75, 3.05) is 56.8 Å². The van der Waals surface area contributed by atoms with Gasteiger partial charge in [0.15, 0.2) is 0 Å². The molecular weight excluding hydrogens is 543 g/mol. The molecule has 1 N–H and O–H groups in total. The Balaban J connectivity index is 1.05. The first-order valence-corrected chi connectivity index (χ1v) is 14.3. The molecule has 12 heteroatoms. The topological polar surface area (TPSA) is 79.8 Å². The molecular formula is C28H32F3N5O3S. The Kier molecular flexibility index (Phi) is 7.34. The van der Waals surface area contributed by atoms with Crippen LogP contribution in [0, 0.1) is 5.41 Å². The zero-order chi connectivity index (χ0) is 27.9. The van der Waals surface area contributed by atoms with E-state index in [1.807, 2.05) is 29.2 Å². The number of hydrogen-bond donors (Lipinski definition) is 1. The van der Waals surface area contributed by atoms with Crippen LogP contribution in [0.25, 0.3) is 10.2 Å². The van der Waals surface area contributed by atoms with Crippen LogP contribution in [-0.4, -0.2) is 85.6 Å². The van der Waals surface area contributed by atoms with Gasteiger partial charge in [0.25, 0.3) is 5.91 Å². The number of nitrogens with one attached hydrogen (secondary N) is 1. The number of carbonyl (C=O) groups excluding carboxylic acids is 1. The Morgan fingerprint density at radius 2 is 2.02 bits per heavy atom. The summed E-state index contributed by atoms with van der Waals surface area (Å²) in [5.41, 5.74) is 1.80. The summed E-state index contributed by atoms with van der Waals surface area (Å²) in [6, 6.07) is 9.49. The highest BCUT2D eigenvalue weighted by molar-refractivity contribution is 7.18. The normalized spacial score (nSPS) is 25.0. The standard InChI is InChI=1S/C28H32F3N5O3S/c1-38-14-21-15-39-9-8-36(21)26(37)18-2-4-19(5-3-18)34-20-11-27(12-20)6-7-35(16-27)24-23-10-22(13-28(29,30)31)40-25(23)33-17-32-24/h2-5,10,17,20-21,34H,6-9,11-16H2,1H3/t20?,21-,27?/m0/s1. The lowest BCUT2D eigenvalue weighted by atomic mass is 9.65. The smallest absolute Gasteiger partial charge is 0.382 e. The molecule has 0 radical (unpaired) electrons. The number of nitrogens with zero attached hydrogens (tertiary/aromatic N) is 4. The van der Waals surface area contributed by atoms with Gasteiger partial charge in [-0.1, -0.05) is 0 Å². The maximum absolute atomic E-state index is 13.1. The van der Waals surface area contributed by atoms with Crippen LogP contribution in [0.3, 0.4) is 0 Å². The van der Waals surface area contributed by atoms with E-state index in [0.717, 1.165) is 55.2 Å². The fraction of sp³-hybridized carbons (Fsp3) is 0.536. The second-order valence-electron chi connectivity index (χ2n) is 11.1. The van der Waals surface area contributed by atoms with Crippen molar-refractivity contribution in [2.45, 2.75) is 43.9 Å². The van der Waals surface area contributed by atoms with Crippen molar-refractivity contribution < 1.29 is 27.4 Å². The maximum Gasteiger partial charge on any atom is 0.393 e. The number of rotatable bonds is 7. The molecule has 1 saturated carbocycles. The number of alkyl halides is 3. The van der Waals surface area contributed by atoms with Gasteiger partial charge in [0.2, 0.25) is 0 Å². The number of carbonyl (C=O) groups is 1. The first-order valence-electron chi connectivity index (χ1n) is 13.5. The molecule has 3 aliphatic rings. The van der Waals surface area contributed by atoms with Crippen LogP contribution in [0.4, 0.5) is 24.7 Å². The highest BCUT2D eigenvalue weighted by Gasteiger charge is 2.49. The van der Waals surface area contributed by atoms with Crippen LogP contribution in [0.1, 0.15) is 34.5 Å². The number of halogens is 3. The van der Waals surface area contributed by atoms with E-state index in [2.05, 4.69) is 20.2 Å². The Morgan fingerprint density at radius 3 is 2.77 bits per heavy atom. The van der Waals surface area contributed by atoms with Gasteiger partial charge in [0.1, 0.15) is 17.0 Å². The predicted molar refractivity (Wildman–Crippen MR) is 147 cm³/mol. The van der Waals surface area contributed by atoms with Crippen LogP contribution in [0.15, 0.2) is 36.7 Å². The molecule has 6 rings (SSSR count). The lowest BCUT2D eigenvalue weighted by Gasteiger charge is -2.46. The number of ether oxygens (including phenoxy) is 2. The molecule has 1 spiro atoms. The Labute approximate surface area is 234 Å². The minimum absolute atomic E-state index is 0.0134. The second kappa shape index (κ2) is 10.8. The number of fused-ring (bicyclic) bond motifs is 1. The zero-order valence-electron chi connectivity index (χ0n) is 22.2. The monoisotopic (exact) mass is 575 g/mol. The van der Waals surface area contributed by atoms with E-state index in [-0.39, 0.29) is 22.2 Å². The molecule has 4 heterocycles. The molecule has 2 aliphatic heterocycles. The molecule has 2 saturated heterocycles. The SMILES string of the molecule is COC[C@H]1COCCN1C(=O)c1ccc(NC2CC3(CCN(c4ncnc5sc(CC(F)(F)F)cc45)C3)C2)cc1. The number of methoxy groups -OCH3 is 1. The molecule has 2 aromatic heterocycles. The highest BCUT2D eigenvalue weighted by Crippen LogP contribution is 2.50. The summed E-state index contributed by atoms with van der Waals surface area (Å²) in [4.78, 5) is 26.6. The van der Waals surface area contributed by atoms with Gasteiger partial charge in [0, 0.05) is 48.9 Å². The van der Waals surface area contributed by atoms with Gasteiger partial charge in [-0.2, -0.15) is 13.2 Å². The van der Waals surface area contributed by atoms with Gasteiger partial charge in [-0.05, 0) is 55.0 Å². The van der Waals surface area contributed by atoms with Crippen LogP contribution in [0.5, 0.6) is 0 Å². The van der Waals surface area contributed by atoms with Crippen LogP contribution >= 0.6 is 11.3 Å². The fourth-order valence-corrected chi connectivity index (χ4v) is 7.35. The zero-order valence-corrected chi connectivity index (χ0v) is 23.1. The Morgan fingerprint density at radius 1 is 1.23 bits per heavy atom. The van der Waals surface area contributed by atoms with Crippen LogP contribution in [0.2, 0.25) is 0 Å². The summed E-state index contributed by atoms with van der Waals surface area (Å²) in [6.45, 7) is 3.66. The van der Waals surface area contributed by atoms with Crippen molar-refractivity contribution in [1.29, 1.82) is 0 Å². The van der Waals surface area contributed by atoms with Crippen molar-refractivity contribution >= 4 is 39.0 Å². The molecule has 0 bridgehead atoms. The van der Waals surface area contributed by atoms with Gasteiger partial charge < -0.3 is 24.6 Å². The lowest BCUT2D eigenvalue weighted by Crippen LogP contribution is -2.50. The second-order valence-corrected chi connectivity index (χ2v) is 12.2. The quantitative estimate of drug-likeness (QED) is 0.436. The van der Waals surface area contributed by atoms with E-state index in [4.69, 9.17) is 9.47 Å². The summed E-state index contributed by atoms with van der Waals surface area (Å²) in [5.74, 6) is 0.719.